The molecule has 2 aromatic carbocycles. The molecule has 3 rings (SSSR count). The van der Waals surface area contributed by atoms with E-state index in [0.717, 1.165) is 10.3 Å². The molecular weight excluding hydrogens is 419 g/mol. The Balaban J connectivity index is 1.96. The van der Waals surface area contributed by atoms with Crippen molar-refractivity contribution in [2.24, 2.45) is 4.99 Å². The van der Waals surface area contributed by atoms with Gasteiger partial charge >= 0.3 is 5.97 Å². The minimum atomic E-state index is -0.434. The highest BCUT2D eigenvalue weighted by Gasteiger charge is 2.16. The predicted octanol–water partition coefficient (Wildman–Crippen LogP) is 4.63. The van der Waals surface area contributed by atoms with Crippen LogP contribution < -0.4 is 4.80 Å². The zero-order chi connectivity index (χ0) is 20.1. The van der Waals surface area contributed by atoms with E-state index in [-0.39, 0.29) is 25.5 Å². The first-order valence-corrected chi connectivity index (χ1v) is 10.3. The second kappa shape index (κ2) is 9.37. The van der Waals surface area contributed by atoms with Crippen LogP contribution in [0.3, 0.4) is 0 Å². The molecule has 0 saturated heterocycles. The van der Waals surface area contributed by atoms with Crippen molar-refractivity contribution in [3.8, 4) is 0 Å². The van der Waals surface area contributed by atoms with Crippen LogP contribution in [0.5, 0.6) is 0 Å². The fourth-order valence-electron chi connectivity index (χ4n) is 2.73. The Morgan fingerprint density at radius 2 is 1.89 bits per heavy atom. The van der Waals surface area contributed by atoms with Gasteiger partial charge in [0.25, 0.3) is 0 Å². The molecule has 0 bridgehead atoms. The Labute approximate surface area is 176 Å². The van der Waals surface area contributed by atoms with Crippen LogP contribution in [0, 0.1) is 0 Å². The van der Waals surface area contributed by atoms with E-state index in [4.69, 9.17) is 27.9 Å². The Kier molecular flexibility index (Phi) is 6.88. The molecular formula is C20H18Cl2N2O3S. The van der Waals surface area contributed by atoms with E-state index in [9.17, 15) is 9.59 Å². The second-order valence-corrected chi connectivity index (χ2v) is 7.77. The maximum absolute atomic E-state index is 12.4. The summed E-state index contributed by atoms with van der Waals surface area (Å²) >= 11 is 13.8. The van der Waals surface area contributed by atoms with Crippen LogP contribution in [-0.4, -0.2) is 23.1 Å². The van der Waals surface area contributed by atoms with Gasteiger partial charge in [-0.3, -0.25) is 9.59 Å². The Morgan fingerprint density at radius 1 is 1.14 bits per heavy atom. The molecule has 0 aliphatic heterocycles. The number of carbonyl (C=O) groups excluding carboxylic acids is 2. The topological polar surface area (TPSA) is 60.7 Å². The molecule has 0 spiro atoms. The molecule has 0 unspecified atom stereocenters. The SMILES string of the molecule is CCOC(=O)Cn1c(=NC(=O)CCc2ccccc2)sc2ccc(Cl)c(Cl)c21. The maximum Gasteiger partial charge on any atom is 0.326 e. The average Bonchev–Trinajstić information content (AvgIpc) is 3.02. The van der Waals surface area contributed by atoms with Crippen LogP contribution in [-0.2, 0) is 27.3 Å². The first-order valence-electron chi connectivity index (χ1n) is 8.74. The van der Waals surface area contributed by atoms with Crippen LogP contribution in [0.15, 0.2) is 47.5 Å². The number of rotatable bonds is 6. The summed E-state index contributed by atoms with van der Waals surface area (Å²) in [4.78, 5) is 29.1. The predicted molar refractivity (Wildman–Crippen MR) is 112 cm³/mol. The Morgan fingerprint density at radius 3 is 2.61 bits per heavy atom. The first-order chi connectivity index (χ1) is 13.5. The average molecular weight is 437 g/mol. The van der Waals surface area contributed by atoms with Crippen LogP contribution in [0.25, 0.3) is 10.2 Å². The highest BCUT2D eigenvalue weighted by atomic mass is 35.5. The van der Waals surface area contributed by atoms with Gasteiger partial charge in [-0.05, 0) is 31.0 Å². The van der Waals surface area contributed by atoms with Crippen molar-refractivity contribution in [3.63, 3.8) is 0 Å². The molecule has 0 radical (unpaired) electrons. The summed E-state index contributed by atoms with van der Waals surface area (Å²) in [6.45, 7) is 1.90. The van der Waals surface area contributed by atoms with E-state index in [1.165, 1.54) is 11.3 Å². The minimum absolute atomic E-state index is 0.0985. The molecule has 0 atom stereocenters. The third kappa shape index (κ3) is 4.82. The number of nitrogens with zero attached hydrogens (tertiary/aromatic N) is 2. The van der Waals surface area contributed by atoms with E-state index in [0.29, 0.717) is 26.8 Å². The molecule has 0 aliphatic carbocycles. The number of hydrogen-bond donors (Lipinski definition) is 0. The lowest BCUT2D eigenvalue weighted by molar-refractivity contribution is -0.143. The van der Waals surface area contributed by atoms with Gasteiger partial charge in [-0.15, -0.1) is 0 Å². The van der Waals surface area contributed by atoms with Gasteiger partial charge in [0.2, 0.25) is 5.91 Å². The number of fused-ring (bicyclic) bond motifs is 1. The zero-order valence-electron chi connectivity index (χ0n) is 15.2. The summed E-state index contributed by atoms with van der Waals surface area (Å²) in [7, 11) is 0. The number of esters is 1. The van der Waals surface area contributed by atoms with Crippen LogP contribution in [0.2, 0.25) is 10.0 Å². The van der Waals surface area contributed by atoms with Gasteiger partial charge in [-0.2, -0.15) is 4.99 Å². The summed E-state index contributed by atoms with van der Waals surface area (Å²) < 4.78 is 7.42. The van der Waals surface area contributed by atoms with Crippen molar-refractivity contribution in [2.75, 3.05) is 6.61 Å². The third-order valence-corrected chi connectivity index (χ3v) is 5.86. The van der Waals surface area contributed by atoms with Crippen molar-refractivity contribution >= 4 is 56.6 Å². The lowest BCUT2D eigenvalue weighted by Gasteiger charge is -2.07. The molecule has 3 aromatic rings. The van der Waals surface area contributed by atoms with Gasteiger partial charge in [0, 0.05) is 6.42 Å². The first kappa shape index (κ1) is 20.6. The summed E-state index contributed by atoms with van der Waals surface area (Å²) in [5, 5.41) is 0.685. The molecule has 1 aromatic heterocycles. The molecule has 5 nitrogen and oxygen atoms in total. The maximum atomic E-state index is 12.4. The van der Waals surface area contributed by atoms with Crippen LogP contribution in [0.4, 0.5) is 0 Å². The number of thiazole rings is 1. The van der Waals surface area contributed by atoms with Crippen LogP contribution >= 0.6 is 34.5 Å². The normalized spacial score (nSPS) is 11.8. The molecule has 0 aliphatic rings. The van der Waals surface area contributed by atoms with E-state index >= 15 is 0 Å². The van der Waals surface area contributed by atoms with Gasteiger partial charge in [-0.1, -0.05) is 64.9 Å². The summed E-state index contributed by atoms with van der Waals surface area (Å²) in [6.07, 6.45) is 0.866. The zero-order valence-corrected chi connectivity index (χ0v) is 17.5. The number of carbonyl (C=O) groups is 2. The summed E-state index contributed by atoms with van der Waals surface area (Å²) in [6, 6.07) is 13.2. The van der Waals surface area contributed by atoms with Gasteiger partial charge in [-0.25, -0.2) is 0 Å². The van der Waals surface area contributed by atoms with Crippen molar-refractivity contribution in [1.82, 2.24) is 4.57 Å². The van der Waals surface area contributed by atoms with Gasteiger partial charge < -0.3 is 9.30 Å². The Hall–Kier alpha value is -2.15. The number of hydrogen-bond acceptors (Lipinski definition) is 4. The quantitative estimate of drug-likeness (QED) is 0.529. The van der Waals surface area contributed by atoms with E-state index < -0.39 is 5.97 Å². The molecule has 0 N–H and O–H groups in total. The number of amides is 1. The number of benzene rings is 2. The van der Waals surface area contributed by atoms with Gasteiger partial charge in [0.1, 0.15) is 6.54 Å². The van der Waals surface area contributed by atoms with Gasteiger partial charge in [0.15, 0.2) is 4.80 Å². The van der Waals surface area contributed by atoms with Crippen LogP contribution in [0.1, 0.15) is 18.9 Å². The summed E-state index contributed by atoms with van der Waals surface area (Å²) in [5.74, 6) is -0.702. The molecule has 146 valence electrons. The molecule has 8 heteroatoms. The highest BCUT2D eigenvalue weighted by molar-refractivity contribution is 7.16. The largest absolute Gasteiger partial charge is 0.465 e. The fraction of sp³-hybridized carbons (Fsp3) is 0.250. The van der Waals surface area contributed by atoms with Crippen molar-refractivity contribution < 1.29 is 14.3 Å². The standard InChI is InChI=1S/C20H18Cl2N2O3S/c1-2-27-17(26)12-24-19-15(10-9-14(21)18(19)22)28-20(24)23-16(25)11-8-13-6-4-3-5-7-13/h3-7,9-10H,2,8,11-12H2,1H3. The van der Waals surface area contributed by atoms with Crippen molar-refractivity contribution in [1.29, 1.82) is 0 Å². The molecule has 1 amide bonds. The molecule has 0 saturated carbocycles. The summed E-state index contributed by atoms with van der Waals surface area (Å²) in [5.41, 5.74) is 1.64. The van der Waals surface area contributed by atoms with E-state index in [2.05, 4.69) is 4.99 Å². The van der Waals surface area contributed by atoms with E-state index in [1.807, 2.05) is 30.3 Å². The third-order valence-electron chi connectivity index (χ3n) is 4.02. The van der Waals surface area contributed by atoms with Gasteiger partial charge in [0.05, 0.1) is 26.9 Å². The lowest BCUT2D eigenvalue weighted by atomic mass is 10.1. The minimum Gasteiger partial charge on any atom is -0.465 e. The number of halogens is 2. The van der Waals surface area contributed by atoms with Crippen molar-refractivity contribution in [3.05, 3.63) is 62.9 Å². The Bertz CT molecular complexity index is 1070. The number of aryl methyl sites for hydroxylation is 1. The number of aromatic nitrogens is 1. The fourth-order valence-corrected chi connectivity index (χ4v) is 4.26. The smallest absolute Gasteiger partial charge is 0.326 e. The van der Waals surface area contributed by atoms with E-state index in [1.54, 1.807) is 23.6 Å². The molecule has 1 heterocycles. The second-order valence-electron chi connectivity index (χ2n) is 5.98. The monoisotopic (exact) mass is 436 g/mol. The van der Waals surface area contributed by atoms with Crippen molar-refractivity contribution in [2.45, 2.75) is 26.3 Å². The lowest BCUT2D eigenvalue weighted by Crippen LogP contribution is -2.23. The molecule has 28 heavy (non-hydrogen) atoms. The number of ether oxygens (including phenoxy) is 1. The molecule has 0 fully saturated rings. The highest BCUT2D eigenvalue weighted by Crippen LogP contribution is 2.32.